The molecule has 3 rings (SSSR count). The van der Waals surface area contributed by atoms with Crippen molar-refractivity contribution in [2.45, 2.75) is 26.3 Å². The average Bonchev–Trinajstić information content (AvgIpc) is 3.22. The number of nitrogens with zero attached hydrogens (tertiary/aromatic N) is 5. The summed E-state index contributed by atoms with van der Waals surface area (Å²) in [6.07, 6.45) is 4.74. The Morgan fingerprint density at radius 2 is 2.11 bits per heavy atom. The molecule has 2 aromatic heterocycles. The molecule has 27 heavy (non-hydrogen) atoms. The lowest BCUT2D eigenvalue weighted by atomic mass is 10.1. The average molecular weight is 363 g/mol. The van der Waals surface area contributed by atoms with Crippen LogP contribution in [0.3, 0.4) is 0 Å². The number of aryl methyl sites for hydroxylation is 2. The highest BCUT2D eigenvalue weighted by Gasteiger charge is 2.16. The number of anilines is 1. The molecular formula is C19H21N7O. The van der Waals surface area contributed by atoms with Crippen LogP contribution in [0.25, 0.3) is 5.69 Å². The minimum atomic E-state index is -0.104. The van der Waals surface area contributed by atoms with E-state index in [1.165, 1.54) is 0 Å². The maximum Gasteiger partial charge on any atom is 0.241 e. The number of para-hydroxylation sites is 1. The summed E-state index contributed by atoms with van der Waals surface area (Å²) in [6.45, 7) is 2.60. The normalized spacial score (nSPS) is 10.5. The third-order valence-corrected chi connectivity index (χ3v) is 4.09. The zero-order chi connectivity index (χ0) is 19.2. The zero-order valence-electron chi connectivity index (χ0n) is 15.1. The van der Waals surface area contributed by atoms with Crippen molar-refractivity contribution in [3.05, 3.63) is 59.5 Å². The van der Waals surface area contributed by atoms with Crippen molar-refractivity contribution >= 4 is 11.7 Å². The molecule has 0 bridgehead atoms. The van der Waals surface area contributed by atoms with Crippen molar-refractivity contribution in [2.24, 2.45) is 0 Å². The van der Waals surface area contributed by atoms with Crippen molar-refractivity contribution < 1.29 is 4.79 Å². The molecule has 0 aliphatic rings. The zero-order valence-corrected chi connectivity index (χ0v) is 15.1. The van der Waals surface area contributed by atoms with Gasteiger partial charge in [0.1, 0.15) is 24.0 Å². The summed E-state index contributed by atoms with van der Waals surface area (Å²) in [6, 6.07) is 11.6. The first-order chi connectivity index (χ1) is 13.1. The largest absolute Gasteiger partial charge is 0.382 e. The van der Waals surface area contributed by atoms with Crippen LogP contribution in [0.5, 0.6) is 0 Å². The Kier molecular flexibility index (Phi) is 5.52. The molecule has 8 heteroatoms. The number of aromatic nitrogens is 4. The molecule has 2 heterocycles. The highest BCUT2D eigenvalue weighted by molar-refractivity contribution is 5.75. The standard InChI is InChI=1S/C19H21N7O/c1-14-11-23-25(12-14)13-18(27)22-9-5-8-17-16(10-20)19(21)26(24-17)15-6-3-2-4-7-15/h2-4,6-7,11-12H,5,8-9,13,21H2,1H3,(H,22,27). The Labute approximate surface area is 157 Å². The highest BCUT2D eigenvalue weighted by atomic mass is 16.2. The summed E-state index contributed by atoms with van der Waals surface area (Å²) in [4.78, 5) is 11.9. The number of carbonyl (C=O) groups excluding carboxylic acids is 1. The third kappa shape index (κ3) is 4.33. The molecule has 1 aromatic carbocycles. The Morgan fingerprint density at radius 3 is 2.78 bits per heavy atom. The smallest absolute Gasteiger partial charge is 0.241 e. The minimum Gasteiger partial charge on any atom is -0.382 e. The summed E-state index contributed by atoms with van der Waals surface area (Å²) in [7, 11) is 0. The topological polar surface area (TPSA) is 115 Å². The van der Waals surface area contributed by atoms with Gasteiger partial charge >= 0.3 is 0 Å². The van der Waals surface area contributed by atoms with Crippen molar-refractivity contribution in [1.82, 2.24) is 24.9 Å². The molecule has 0 spiro atoms. The van der Waals surface area contributed by atoms with Crippen LogP contribution in [0, 0.1) is 18.3 Å². The van der Waals surface area contributed by atoms with Gasteiger partial charge in [0.05, 0.1) is 17.6 Å². The van der Waals surface area contributed by atoms with Gasteiger partial charge in [-0.2, -0.15) is 15.5 Å². The number of nitrogen functional groups attached to an aromatic ring is 1. The number of nitrogens with two attached hydrogens (primary N) is 1. The van der Waals surface area contributed by atoms with E-state index < -0.39 is 0 Å². The Hall–Kier alpha value is -3.60. The predicted octanol–water partition coefficient (Wildman–Crippen LogP) is 1.58. The van der Waals surface area contributed by atoms with Gasteiger partial charge in [-0.15, -0.1) is 0 Å². The third-order valence-electron chi connectivity index (χ3n) is 4.09. The fourth-order valence-corrected chi connectivity index (χ4v) is 2.78. The van der Waals surface area contributed by atoms with Gasteiger partial charge < -0.3 is 11.1 Å². The SMILES string of the molecule is Cc1cnn(CC(=O)NCCCc2nn(-c3ccccc3)c(N)c2C#N)c1. The molecule has 1 amide bonds. The molecular weight excluding hydrogens is 342 g/mol. The van der Waals surface area contributed by atoms with Gasteiger partial charge in [0.2, 0.25) is 5.91 Å². The maximum atomic E-state index is 11.9. The highest BCUT2D eigenvalue weighted by Crippen LogP contribution is 2.21. The van der Waals surface area contributed by atoms with Crippen LogP contribution < -0.4 is 11.1 Å². The van der Waals surface area contributed by atoms with E-state index in [9.17, 15) is 10.1 Å². The molecule has 3 aromatic rings. The van der Waals surface area contributed by atoms with Crippen LogP contribution in [0.2, 0.25) is 0 Å². The summed E-state index contributed by atoms with van der Waals surface area (Å²) in [5.74, 6) is 0.227. The molecule has 0 atom stereocenters. The number of amides is 1. The fraction of sp³-hybridized carbons (Fsp3) is 0.263. The first-order valence-electron chi connectivity index (χ1n) is 8.67. The van der Waals surface area contributed by atoms with E-state index in [0.717, 1.165) is 11.3 Å². The van der Waals surface area contributed by atoms with Gasteiger partial charge in [0.25, 0.3) is 0 Å². The molecule has 0 aliphatic heterocycles. The van der Waals surface area contributed by atoms with Gasteiger partial charge in [-0.25, -0.2) is 4.68 Å². The number of benzene rings is 1. The quantitative estimate of drug-likeness (QED) is 0.619. The van der Waals surface area contributed by atoms with Gasteiger partial charge in [0, 0.05) is 12.7 Å². The van der Waals surface area contributed by atoms with Crippen LogP contribution >= 0.6 is 0 Å². The molecule has 0 saturated carbocycles. The monoisotopic (exact) mass is 363 g/mol. The Bertz CT molecular complexity index is 966. The first-order valence-corrected chi connectivity index (χ1v) is 8.67. The van der Waals surface area contributed by atoms with Crippen LogP contribution in [-0.4, -0.2) is 32.0 Å². The van der Waals surface area contributed by atoms with Gasteiger partial charge in [-0.05, 0) is 37.5 Å². The first kappa shape index (κ1) is 18.2. The molecule has 0 saturated heterocycles. The summed E-state index contributed by atoms with van der Waals surface area (Å²) < 4.78 is 3.17. The number of nitrogens with one attached hydrogen (secondary N) is 1. The number of rotatable bonds is 7. The second kappa shape index (κ2) is 8.19. The van der Waals surface area contributed by atoms with Crippen molar-refractivity contribution in [3.63, 3.8) is 0 Å². The van der Waals surface area contributed by atoms with Crippen LogP contribution in [0.1, 0.15) is 23.2 Å². The number of carbonyl (C=O) groups is 1. The van der Waals surface area contributed by atoms with Gasteiger partial charge in [-0.1, -0.05) is 18.2 Å². The molecule has 0 aliphatic carbocycles. The molecule has 3 N–H and O–H groups in total. The molecule has 0 radical (unpaired) electrons. The number of hydrogen-bond donors (Lipinski definition) is 2. The second-order valence-electron chi connectivity index (χ2n) is 6.23. The van der Waals surface area contributed by atoms with E-state index in [4.69, 9.17) is 5.73 Å². The minimum absolute atomic E-state index is 0.104. The van der Waals surface area contributed by atoms with E-state index >= 15 is 0 Å². The summed E-state index contributed by atoms with van der Waals surface area (Å²) in [5, 5.41) is 20.8. The van der Waals surface area contributed by atoms with E-state index in [2.05, 4.69) is 21.6 Å². The van der Waals surface area contributed by atoms with Crippen LogP contribution in [-0.2, 0) is 17.8 Å². The lowest BCUT2D eigenvalue weighted by molar-refractivity contribution is -0.121. The fourth-order valence-electron chi connectivity index (χ4n) is 2.78. The van der Waals surface area contributed by atoms with Crippen molar-refractivity contribution in [3.8, 4) is 11.8 Å². The van der Waals surface area contributed by atoms with E-state index in [0.29, 0.717) is 36.5 Å². The Balaban J connectivity index is 1.56. The maximum absolute atomic E-state index is 11.9. The number of hydrogen-bond acceptors (Lipinski definition) is 5. The van der Waals surface area contributed by atoms with Crippen LogP contribution in [0.4, 0.5) is 5.82 Å². The molecule has 8 nitrogen and oxygen atoms in total. The van der Waals surface area contributed by atoms with Gasteiger partial charge in [-0.3, -0.25) is 9.48 Å². The second-order valence-corrected chi connectivity index (χ2v) is 6.23. The predicted molar refractivity (Wildman–Crippen MR) is 101 cm³/mol. The molecule has 138 valence electrons. The van der Waals surface area contributed by atoms with E-state index in [1.807, 2.05) is 43.5 Å². The molecule has 0 fully saturated rings. The van der Waals surface area contributed by atoms with Crippen molar-refractivity contribution in [2.75, 3.05) is 12.3 Å². The molecule has 0 unspecified atom stereocenters. The van der Waals surface area contributed by atoms with E-state index in [-0.39, 0.29) is 12.5 Å². The van der Waals surface area contributed by atoms with Gasteiger partial charge in [0.15, 0.2) is 0 Å². The van der Waals surface area contributed by atoms with Crippen molar-refractivity contribution in [1.29, 1.82) is 5.26 Å². The Morgan fingerprint density at radius 1 is 1.33 bits per heavy atom. The lowest BCUT2D eigenvalue weighted by Crippen LogP contribution is -2.28. The lowest BCUT2D eigenvalue weighted by Gasteiger charge is -2.05. The summed E-state index contributed by atoms with van der Waals surface area (Å²) >= 11 is 0. The van der Waals surface area contributed by atoms with Crippen LogP contribution in [0.15, 0.2) is 42.7 Å². The van der Waals surface area contributed by atoms with E-state index in [1.54, 1.807) is 15.6 Å². The summed E-state index contributed by atoms with van der Waals surface area (Å²) in [5.41, 5.74) is 8.93. The number of nitriles is 1.